The van der Waals surface area contributed by atoms with Crippen molar-refractivity contribution in [3.8, 4) is 5.75 Å². The Labute approximate surface area is 136 Å². The third-order valence-corrected chi connectivity index (χ3v) is 4.07. The highest BCUT2D eigenvalue weighted by molar-refractivity contribution is 7.86. The molecule has 0 unspecified atom stereocenters. The lowest BCUT2D eigenvalue weighted by Gasteiger charge is -2.14. The van der Waals surface area contributed by atoms with Gasteiger partial charge in [0, 0.05) is 5.56 Å². The van der Waals surface area contributed by atoms with Gasteiger partial charge in [-0.15, -0.1) is 4.40 Å². The van der Waals surface area contributed by atoms with E-state index in [-0.39, 0.29) is 17.0 Å². The fourth-order valence-electron chi connectivity index (χ4n) is 2.24. The van der Waals surface area contributed by atoms with Crippen LogP contribution >= 0.6 is 0 Å². The first-order valence-corrected chi connectivity index (χ1v) is 8.11. The Balaban J connectivity index is 2.05. The van der Waals surface area contributed by atoms with E-state index >= 15 is 0 Å². The average Bonchev–Trinajstić information content (AvgIpc) is 2.51. The van der Waals surface area contributed by atoms with E-state index in [9.17, 15) is 21.6 Å². The molecule has 0 spiro atoms. The van der Waals surface area contributed by atoms with Gasteiger partial charge in [0.05, 0.1) is 11.3 Å². The van der Waals surface area contributed by atoms with E-state index in [1.165, 1.54) is 36.4 Å². The first-order valence-electron chi connectivity index (χ1n) is 6.74. The van der Waals surface area contributed by atoms with Gasteiger partial charge in [-0.2, -0.15) is 21.6 Å². The SMILES string of the molecule is O=S1(=O)N=C(C=Cc2ccccc2C(F)(F)F)c2ccccc2O1. The summed E-state index contributed by atoms with van der Waals surface area (Å²) in [6.45, 7) is 0. The van der Waals surface area contributed by atoms with Crippen LogP contribution in [-0.4, -0.2) is 14.1 Å². The van der Waals surface area contributed by atoms with Crippen LogP contribution in [-0.2, 0) is 16.5 Å². The van der Waals surface area contributed by atoms with Gasteiger partial charge in [0.15, 0.2) is 5.75 Å². The predicted molar refractivity (Wildman–Crippen MR) is 83.0 cm³/mol. The summed E-state index contributed by atoms with van der Waals surface area (Å²) < 4.78 is 70.5. The molecule has 0 radical (unpaired) electrons. The number of fused-ring (bicyclic) bond motifs is 1. The first kappa shape index (κ1) is 16.3. The standard InChI is InChI=1S/C16H10F3NO3S/c17-16(18,19)13-7-3-1-5-11(13)9-10-14-12-6-2-4-8-15(12)23-24(21,22)20-14/h1-10H. The van der Waals surface area contributed by atoms with Crippen LogP contribution in [0.3, 0.4) is 0 Å². The monoisotopic (exact) mass is 353 g/mol. The summed E-state index contributed by atoms with van der Waals surface area (Å²) in [7, 11) is -4.17. The van der Waals surface area contributed by atoms with Crippen molar-refractivity contribution in [2.75, 3.05) is 0 Å². The minimum absolute atomic E-state index is 0.00817. The zero-order valence-corrected chi connectivity index (χ0v) is 12.8. The number of allylic oxidation sites excluding steroid dienone is 1. The molecule has 0 aliphatic carbocycles. The Bertz CT molecular complexity index is 947. The number of halogens is 3. The minimum Gasteiger partial charge on any atom is -0.365 e. The highest BCUT2D eigenvalue weighted by Crippen LogP contribution is 2.33. The van der Waals surface area contributed by atoms with Gasteiger partial charge in [-0.1, -0.05) is 36.4 Å². The first-order chi connectivity index (χ1) is 11.3. The Kier molecular flexibility index (Phi) is 3.92. The van der Waals surface area contributed by atoms with E-state index in [2.05, 4.69) is 4.40 Å². The molecule has 0 amide bonds. The summed E-state index contributed by atoms with van der Waals surface area (Å²) in [6.07, 6.45) is -2.11. The number of hydrogen-bond acceptors (Lipinski definition) is 3. The van der Waals surface area contributed by atoms with E-state index in [1.807, 2.05) is 0 Å². The third kappa shape index (κ3) is 3.33. The van der Waals surface area contributed by atoms with Crippen molar-refractivity contribution < 1.29 is 25.8 Å². The summed E-state index contributed by atoms with van der Waals surface area (Å²) in [5.74, 6) is 0.0799. The van der Waals surface area contributed by atoms with Crippen molar-refractivity contribution in [2.45, 2.75) is 6.18 Å². The van der Waals surface area contributed by atoms with Crippen molar-refractivity contribution in [2.24, 2.45) is 4.40 Å². The predicted octanol–water partition coefficient (Wildman–Crippen LogP) is 3.85. The Morgan fingerprint density at radius 2 is 1.62 bits per heavy atom. The molecule has 124 valence electrons. The molecule has 8 heteroatoms. The highest BCUT2D eigenvalue weighted by atomic mass is 32.2. The van der Waals surface area contributed by atoms with Crippen LogP contribution in [0.15, 0.2) is 59.0 Å². The summed E-state index contributed by atoms with van der Waals surface area (Å²) in [5.41, 5.74) is -0.513. The average molecular weight is 353 g/mol. The topological polar surface area (TPSA) is 55.7 Å². The molecule has 1 aliphatic heterocycles. The summed E-state index contributed by atoms with van der Waals surface area (Å²) in [6, 6.07) is 11.2. The van der Waals surface area contributed by atoms with Gasteiger partial charge in [0.1, 0.15) is 0 Å². The van der Waals surface area contributed by atoms with E-state index in [1.54, 1.807) is 18.2 Å². The Hall–Kier alpha value is -2.61. The quantitative estimate of drug-likeness (QED) is 0.824. The van der Waals surface area contributed by atoms with Crippen LogP contribution in [0.25, 0.3) is 6.08 Å². The second kappa shape index (κ2) is 5.79. The molecule has 24 heavy (non-hydrogen) atoms. The number of para-hydroxylation sites is 1. The number of rotatable bonds is 2. The maximum Gasteiger partial charge on any atom is 0.429 e. The molecule has 4 nitrogen and oxygen atoms in total. The fraction of sp³-hybridized carbons (Fsp3) is 0.0625. The van der Waals surface area contributed by atoms with E-state index in [0.717, 1.165) is 6.07 Å². The second-order valence-corrected chi connectivity index (χ2v) is 6.11. The van der Waals surface area contributed by atoms with Crippen LogP contribution in [0.5, 0.6) is 5.75 Å². The van der Waals surface area contributed by atoms with Crippen LogP contribution in [0.4, 0.5) is 13.2 Å². The fourth-order valence-corrected chi connectivity index (χ4v) is 3.05. The number of hydrogen-bond donors (Lipinski definition) is 0. The maximum absolute atomic E-state index is 13.0. The molecule has 1 heterocycles. The Morgan fingerprint density at radius 1 is 0.958 bits per heavy atom. The largest absolute Gasteiger partial charge is 0.429 e. The molecule has 0 aromatic heterocycles. The minimum atomic E-state index is -4.51. The lowest BCUT2D eigenvalue weighted by molar-refractivity contribution is -0.137. The van der Waals surface area contributed by atoms with Gasteiger partial charge in [0.2, 0.25) is 0 Å². The smallest absolute Gasteiger partial charge is 0.365 e. The highest BCUT2D eigenvalue weighted by Gasteiger charge is 2.32. The molecule has 0 fully saturated rings. The van der Waals surface area contributed by atoms with Gasteiger partial charge >= 0.3 is 16.5 Å². The van der Waals surface area contributed by atoms with Crippen molar-refractivity contribution in [1.29, 1.82) is 0 Å². The van der Waals surface area contributed by atoms with Crippen molar-refractivity contribution in [1.82, 2.24) is 0 Å². The molecule has 0 atom stereocenters. The van der Waals surface area contributed by atoms with E-state index in [4.69, 9.17) is 4.18 Å². The van der Waals surface area contributed by atoms with Crippen LogP contribution in [0, 0.1) is 0 Å². The van der Waals surface area contributed by atoms with Gasteiger partial charge in [-0.3, -0.25) is 0 Å². The van der Waals surface area contributed by atoms with Crippen molar-refractivity contribution in [3.63, 3.8) is 0 Å². The normalized spacial score (nSPS) is 16.4. The van der Waals surface area contributed by atoms with Gasteiger partial charge in [-0.25, -0.2) is 0 Å². The molecule has 0 N–H and O–H groups in total. The number of alkyl halides is 3. The molecule has 3 rings (SSSR count). The lowest BCUT2D eigenvalue weighted by Crippen LogP contribution is -2.17. The molecular formula is C16H10F3NO3S. The molecular weight excluding hydrogens is 343 g/mol. The molecule has 1 aliphatic rings. The molecule has 2 aromatic rings. The van der Waals surface area contributed by atoms with Gasteiger partial charge < -0.3 is 4.18 Å². The van der Waals surface area contributed by atoms with Crippen LogP contribution < -0.4 is 4.18 Å². The molecule has 2 aromatic carbocycles. The molecule has 0 saturated carbocycles. The van der Waals surface area contributed by atoms with Crippen LogP contribution in [0.1, 0.15) is 16.7 Å². The van der Waals surface area contributed by atoms with E-state index in [0.29, 0.717) is 5.56 Å². The zero-order valence-electron chi connectivity index (χ0n) is 12.0. The number of benzene rings is 2. The second-order valence-electron chi connectivity index (χ2n) is 4.90. The summed E-state index contributed by atoms with van der Waals surface area (Å²) in [5, 5.41) is 0. The van der Waals surface area contributed by atoms with Crippen molar-refractivity contribution >= 4 is 22.1 Å². The van der Waals surface area contributed by atoms with Crippen LogP contribution in [0.2, 0.25) is 0 Å². The number of nitrogens with zero attached hydrogens (tertiary/aromatic N) is 1. The van der Waals surface area contributed by atoms with Gasteiger partial charge in [-0.05, 0) is 29.8 Å². The van der Waals surface area contributed by atoms with Gasteiger partial charge in [0.25, 0.3) is 0 Å². The molecule has 0 saturated heterocycles. The third-order valence-electron chi connectivity index (χ3n) is 3.26. The molecule has 0 bridgehead atoms. The maximum atomic E-state index is 13.0. The van der Waals surface area contributed by atoms with Crippen molar-refractivity contribution in [3.05, 3.63) is 71.3 Å². The Morgan fingerprint density at radius 3 is 2.38 bits per heavy atom. The lowest BCUT2D eigenvalue weighted by atomic mass is 10.0. The summed E-state index contributed by atoms with van der Waals surface area (Å²) in [4.78, 5) is 0. The van der Waals surface area contributed by atoms with E-state index < -0.39 is 22.0 Å². The summed E-state index contributed by atoms with van der Waals surface area (Å²) >= 11 is 0. The zero-order chi connectivity index (χ0) is 17.4.